The van der Waals surface area contributed by atoms with Crippen LogP contribution in [0.15, 0.2) is 57.8 Å². The van der Waals surface area contributed by atoms with Gasteiger partial charge in [-0.1, -0.05) is 12.1 Å². The number of hydrogen-bond donors (Lipinski definition) is 5. The third-order valence-electron chi connectivity index (χ3n) is 8.95. The lowest BCUT2D eigenvalue weighted by molar-refractivity contribution is -0.144. The molecule has 2 saturated heterocycles. The molecule has 9 heteroatoms. The molecule has 0 spiro atoms. The number of carboxylic acid groups (broad SMARTS) is 2. The summed E-state index contributed by atoms with van der Waals surface area (Å²) < 4.78 is 11.6. The Balaban J connectivity index is 1.13. The van der Waals surface area contributed by atoms with Crippen LogP contribution < -0.4 is 16.0 Å². The van der Waals surface area contributed by atoms with Gasteiger partial charge in [-0.3, -0.25) is 9.59 Å². The van der Waals surface area contributed by atoms with Crippen LogP contribution >= 0.6 is 0 Å². The number of carbonyl (C=O) groups is 2. The Bertz CT molecular complexity index is 1420. The first-order valence-corrected chi connectivity index (χ1v) is 14.5. The van der Waals surface area contributed by atoms with Crippen molar-refractivity contribution in [3.05, 3.63) is 71.2 Å². The van der Waals surface area contributed by atoms with E-state index in [0.29, 0.717) is 25.9 Å². The summed E-state index contributed by atoms with van der Waals surface area (Å²) in [7, 11) is 0. The van der Waals surface area contributed by atoms with Gasteiger partial charge in [0.15, 0.2) is 0 Å². The molecule has 0 unspecified atom stereocenters. The molecule has 4 atom stereocenters. The zero-order chi connectivity index (χ0) is 28.3. The molecule has 41 heavy (non-hydrogen) atoms. The molecule has 2 aromatic heterocycles. The Morgan fingerprint density at radius 1 is 0.780 bits per heavy atom. The zero-order valence-corrected chi connectivity index (χ0v) is 23.0. The van der Waals surface area contributed by atoms with Gasteiger partial charge >= 0.3 is 11.9 Å². The standard InChI is InChI=1S/C32H37N3O6/c36-31(37)27(21-5-7-33-13-21)11-19-1-3-29-25(9-19)23(17-40-29)15-35-16-24-18-41-30-4-2-20(10-26(24)30)12-28(32(38)39)22-6-8-34-14-22/h1-4,9-10,17-18,21-22,27-28,33-35H,5-8,11-16H2,(H,36,37)(H,38,39)/t21-,22-,27-,28-/m0/s1. The Labute approximate surface area is 238 Å². The van der Waals surface area contributed by atoms with E-state index < -0.39 is 23.8 Å². The molecule has 5 N–H and O–H groups in total. The van der Waals surface area contributed by atoms with E-state index in [-0.39, 0.29) is 11.8 Å². The highest BCUT2D eigenvalue weighted by atomic mass is 16.4. The third kappa shape index (κ3) is 6.02. The predicted molar refractivity (Wildman–Crippen MR) is 155 cm³/mol. The molecule has 2 aliphatic rings. The maximum Gasteiger partial charge on any atom is 0.307 e. The van der Waals surface area contributed by atoms with Crippen LogP contribution in [0.4, 0.5) is 0 Å². The molecule has 0 amide bonds. The van der Waals surface area contributed by atoms with Crippen LogP contribution in [-0.4, -0.2) is 48.3 Å². The van der Waals surface area contributed by atoms with E-state index in [9.17, 15) is 19.8 Å². The first-order valence-electron chi connectivity index (χ1n) is 14.5. The van der Waals surface area contributed by atoms with Crippen molar-refractivity contribution in [3.8, 4) is 0 Å². The molecule has 2 aromatic carbocycles. The van der Waals surface area contributed by atoms with Gasteiger partial charge in [0, 0.05) is 35.0 Å². The van der Waals surface area contributed by atoms with Crippen LogP contribution in [-0.2, 0) is 35.5 Å². The summed E-state index contributed by atoms with van der Waals surface area (Å²) in [6.45, 7) is 4.41. The Kier molecular flexibility index (Phi) is 8.09. The van der Waals surface area contributed by atoms with Crippen molar-refractivity contribution in [2.24, 2.45) is 23.7 Å². The van der Waals surface area contributed by atoms with Gasteiger partial charge in [0.2, 0.25) is 0 Å². The zero-order valence-electron chi connectivity index (χ0n) is 23.0. The molecular weight excluding hydrogens is 522 g/mol. The fraction of sp³-hybridized carbons (Fsp3) is 0.438. The molecule has 0 bridgehead atoms. The Morgan fingerprint density at radius 2 is 1.24 bits per heavy atom. The molecule has 2 fully saturated rings. The van der Waals surface area contributed by atoms with Gasteiger partial charge in [-0.2, -0.15) is 0 Å². The van der Waals surface area contributed by atoms with E-state index in [4.69, 9.17) is 8.83 Å². The largest absolute Gasteiger partial charge is 0.481 e. The van der Waals surface area contributed by atoms with Gasteiger partial charge in [-0.15, -0.1) is 0 Å². The number of hydrogen-bond acceptors (Lipinski definition) is 7. The molecule has 0 saturated carbocycles. The first kappa shape index (κ1) is 27.5. The van der Waals surface area contributed by atoms with Crippen LogP contribution in [0.3, 0.4) is 0 Å². The van der Waals surface area contributed by atoms with Crippen LogP contribution in [0.5, 0.6) is 0 Å². The molecule has 4 aromatic rings. The van der Waals surface area contributed by atoms with Crippen molar-refractivity contribution in [2.75, 3.05) is 26.2 Å². The maximum atomic E-state index is 12.0. The molecule has 0 radical (unpaired) electrons. The summed E-state index contributed by atoms with van der Waals surface area (Å²) in [6, 6.07) is 11.9. The number of carboxylic acids is 2. The van der Waals surface area contributed by atoms with Crippen LogP contribution in [0.1, 0.15) is 35.1 Å². The minimum absolute atomic E-state index is 0.147. The highest BCUT2D eigenvalue weighted by Crippen LogP contribution is 2.29. The molecular formula is C32H37N3O6. The van der Waals surface area contributed by atoms with E-state index in [0.717, 1.165) is 83.2 Å². The number of benzene rings is 2. The van der Waals surface area contributed by atoms with Crippen molar-refractivity contribution in [3.63, 3.8) is 0 Å². The average Bonchev–Trinajstić information content (AvgIpc) is 3.78. The average molecular weight is 560 g/mol. The lowest BCUT2D eigenvalue weighted by atomic mass is 9.86. The number of furan rings is 2. The minimum atomic E-state index is -0.739. The third-order valence-corrected chi connectivity index (χ3v) is 8.95. The van der Waals surface area contributed by atoms with E-state index >= 15 is 0 Å². The monoisotopic (exact) mass is 559 g/mol. The molecule has 216 valence electrons. The number of fused-ring (bicyclic) bond motifs is 2. The summed E-state index contributed by atoms with van der Waals surface area (Å²) in [5.74, 6) is -2.00. The molecule has 2 aliphatic heterocycles. The number of aliphatic carboxylic acids is 2. The summed E-state index contributed by atoms with van der Waals surface area (Å²) in [5.41, 5.74) is 5.59. The second kappa shape index (κ2) is 12.1. The van der Waals surface area contributed by atoms with Crippen LogP contribution in [0.2, 0.25) is 0 Å². The summed E-state index contributed by atoms with van der Waals surface area (Å²) in [6.07, 6.45) is 6.29. The van der Waals surface area contributed by atoms with E-state index in [1.54, 1.807) is 12.5 Å². The topological polar surface area (TPSA) is 137 Å². The van der Waals surface area contributed by atoms with Crippen LogP contribution in [0, 0.1) is 23.7 Å². The molecule has 9 nitrogen and oxygen atoms in total. The lowest BCUT2D eigenvalue weighted by Crippen LogP contribution is -2.27. The van der Waals surface area contributed by atoms with Crippen molar-refractivity contribution in [1.82, 2.24) is 16.0 Å². The van der Waals surface area contributed by atoms with Gasteiger partial charge in [0.1, 0.15) is 11.2 Å². The highest BCUT2D eigenvalue weighted by Gasteiger charge is 2.31. The van der Waals surface area contributed by atoms with Gasteiger partial charge in [-0.25, -0.2) is 0 Å². The van der Waals surface area contributed by atoms with Gasteiger partial charge in [0.05, 0.1) is 24.4 Å². The SMILES string of the molecule is O=C(O)[C@@H](Cc1ccc2occ(CNCc3coc4ccc(C[C@H](C(=O)O)[C@H]5CCNC5)cc34)c2c1)[C@H]1CCNC1. The summed E-state index contributed by atoms with van der Waals surface area (Å²) in [4.78, 5) is 24.0. The normalized spacial score (nSPS) is 20.6. The van der Waals surface area contributed by atoms with Crippen molar-refractivity contribution < 1.29 is 28.6 Å². The number of rotatable bonds is 12. The Morgan fingerprint density at radius 3 is 1.63 bits per heavy atom. The van der Waals surface area contributed by atoms with Gasteiger partial charge < -0.3 is 35.0 Å². The van der Waals surface area contributed by atoms with E-state index in [2.05, 4.69) is 28.1 Å². The quantitative estimate of drug-likeness (QED) is 0.173. The molecule has 4 heterocycles. The van der Waals surface area contributed by atoms with Crippen molar-refractivity contribution >= 4 is 33.9 Å². The second-order valence-electron chi connectivity index (χ2n) is 11.6. The maximum absolute atomic E-state index is 12.0. The van der Waals surface area contributed by atoms with Crippen molar-refractivity contribution in [2.45, 2.75) is 38.8 Å². The predicted octanol–water partition coefficient (Wildman–Crippen LogP) is 4.17. The lowest BCUT2D eigenvalue weighted by Gasteiger charge is -2.18. The van der Waals surface area contributed by atoms with Crippen LogP contribution in [0.25, 0.3) is 21.9 Å². The smallest absolute Gasteiger partial charge is 0.307 e. The van der Waals surface area contributed by atoms with Gasteiger partial charge in [0.25, 0.3) is 0 Å². The molecule has 6 rings (SSSR count). The fourth-order valence-electron chi connectivity index (χ4n) is 6.58. The summed E-state index contributed by atoms with van der Waals surface area (Å²) in [5, 5.41) is 31.7. The first-order chi connectivity index (χ1) is 20.0. The van der Waals surface area contributed by atoms with Gasteiger partial charge in [-0.05, 0) is 99.1 Å². The summed E-state index contributed by atoms with van der Waals surface area (Å²) >= 11 is 0. The molecule has 0 aliphatic carbocycles. The van der Waals surface area contributed by atoms with E-state index in [1.807, 2.05) is 24.3 Å². The van der Waals surface area contributed by atoms with Crippen molar-refractivity contribution in [1.29, 1.82) is 0 Å². The minimum Gasteiger partial charge on any atom is -0.481 e. The second-order valence-corrected chi connectivity index (χ2v) is 11.6. The number of nitrogens with one attached hydrogen (secondary N) is 3. The Hall–Kier alpha value is -3.66. The fourth-order valence-corrected chi connectivity index (χ4v) is 6.58. The van der Waals surface area contributed by atoms with E-state index in [1.165, 1.54) is 0 Å². The highest BCUT2D eigenvalue weighted by molar-refractivity contribution is 5.83.